The molecule has 4 rings (SSSR count). The number of fused-ring (bicyclic) bond motifs is 1. The van der Waals surface area contributed by atoms with Crippen LogP contribution in [0.1, 0.15) is 31.7 Å². The van der Waals surface area contributed by atoms with Crippen LogP contribution in [0.3, 0.4) is 0 Å². The largest absolute Gasteiger partial charge is 0.392 e. The van der Waals surface area contributed by atoms with Gasteiger partial charge in [-0.1, -0.05) is 12.1 Å². The van der Waals surface area contributed by atoms with Crippen LogP contribution in [-0.4, -0.2) is 47.0 Å². The van der Waals surface area contributed by atoms with Crippen molar-refractivity contribution >= 4 is 16.7 Å². The summed E-state index contributed by atoms with van der Waals surface area (Å²) in [4.78, 5) is 11.3. The van der Waals surface area contributed by atoms with E-state index >= 15 is 0 Å². The highest BCUT2D eigenvalue weighted by Gasteiger charge is 2.56. The lowest BCUT2D eigenvalue weighted by atomic mass is 9.58. The Labute approximate surface area is 142 Å². The molecule has 1 N–H and O–H groups in total. The second-order valence-corrected chi connectivity index (χ2v) is 7.08. The molecule has 1 aromatic heterocycles. The van der Waals surface area contributed by atoms with E-state index in [0.717, 1.165) is 55.7 Å². The summed E-state index contributed by atoms with van der Waals surface area (Å²) in [6.45, 7) is 6.64. The van der Waals surface area contributed by atoms with Gasteiger partial charge in [0.25, 0.3) is 0 Å². The van der Waals surface area contributed by atoms with Gasteiger partial charge in [0.1, 0.15) is 12.1 Å². The zero-order valence-electron chi connectivity index (χ0n) is 14.4. The normalized spacial score (nSPS) is 25.9. The number of nitrogens with zero attached hydrogens (tertiary/aromatic N) is 3. The first-order valence-corrected chi connectivity index (χ1v) is 8.90. The number of benzene rings is 1. The number of para-hydroxylation sites is 1. The lowest BCUT2D eigenvalue weighted by Crippen LogP contribution is -2.62. The van der Waals surface area contributed by atoms with E-state index in [2.05, 4.69) is 40.0 Å². The van der Waals surface area contributed by atoms with Crippen LogP contribution in [0.15, 0.2) is 24.5 Å². The zero-order chi connectivity index (χ0) is 16.7. The van der Waals surface area contributed by atoms with E-state index in [0.29, 0.717) is 0 Å². The first-order chi connectivity index (χ1) is 11.7. The maximum absolute atomic E-state index is 10.4. The molecule has 2 atom stereocenters. The molecule has 0 bridgehead atoms. The molecule has 2 fully saturated rings. The molecule has 0 radical (unpaired) electrons. The van der Waals surface area contributed by atoms with Gasteiger partial charge in [0.15, 0.2) is 0 Å². The topological polar surface area (TPSA) is 58.5 Å². The molecule has 2 heterocycles. The van der Waals surface area contributed by atoms with Crippen LogP contribution in [0.2, 0.25) is 0 Å². The van der Waals surface area contributed by atoms with Crippen molar-refractivity contribution in [3.63, 3.8) is 0 Å². The Morgan fingerprint density at radius 1 is 1.29 bits per heavy atom. The van der Waals surface area contributed by atoms with Gasteiger partial charge in [0.2, 0.25) is 0 Å². The summed E-state index contributed by atoms with van der Waals surface area (Å²) < 4.78 is 5.86. The number of aliphatic hydroxyl groups is 1. The molecule has 1 aromatic carbocycles. The lowest BCUT2D eigenvalue weighted by Gasteiger charge is -2.56. The van der Waals surface area contributed by atoms with E-state index in [4.69, 9.17) is 4.74 Å². The molecular weight excluding hydrogens is 302 g/mol. The number of rotatable bonds is 3. The van der Waals surface area contributed by atoms with E-state index in [1.54, 1.807) is 6.33 Å². The molecule has 1 saturated carbocycles. The van der Waals surface area contributed by atoms with Crippen molar-refractivity contribution in [3.8, 4) is 0 Å². The number of aryl methyl sites for hydroxylation is 1. The first-order valence-electron chi connectivity index (χ1n) is 8.90. The summed E-state index contributed by atoms with van der Waals surface area (Å²) in [7, 11) is 0. The van der Waals surface area contributed by atoms with Gasteiger partial charge in [0.05, 0.1) is 17.7 Å². The van der Waals surface area contributed by atoms with Gasteiger partial charge in [0, 0.05) is 36.9 Å². The van der Waals surface area contributed by atoms with Gasteiger partial charge >= 0.3 is 0 Å². The highest BCUT2D eigenvalue weighted by atomic mass is 16.5. The molecule has 1 saturated heterocycles. The van der Waals surface area contributed by atoms with Crippen molar-refractivity contribution in [2.75, 3.05) is 24.6 Å². The number of hydrogen-bond acceptors (Lipinski definition) is 5. The Balaban J connectivity index is 1.58. The lowest BCUT2D eigenvalue weighted by molar-refractivity contribution is -0.199. The van der Waals surface area contributed by atoms with Crippen LogP contribution >= 0.6 is 0 Å². The molecule has 2 aliphatic rings. The molecule has 2 aromatic rings. The molecular formula is C19H25N3O2. The third-order valence-corrected chi connectivity index (χ3v) is 5.95. The van der Waals surface area contributed by atoms with Crippen LogP contribution in [-0.2, 0) is 4.74 Å². The van der Waals surface area contributed by atoms with Gasteiger partial charge in [-0.3, -0.25) is 0 Å². The Kier molecular flexibility index (Phi) is 3.93. The monoisotopic (exact) mass is 327 g/mol. The molecule has 128 valence electrons. The van der Waals surface area contributed by atoms with Crippen molar-refractivity contribution < 1.29 is 9.84 Å². The fraction of sp³-hybridized carbons (Fsp3) is 0.579. The highest BCUT2D eigenvalue weighted by Crippen LogP contribution is 2.51. The number of ether oxygens (including phenoxy) is 1. The Bertz CT molecular complexity index is 738. The average Bonchev–Trinajstić information content (AvgIpc) is 2.62. The number of aliphatic hydroxyl groups excluding tert-OH is 1. The average molecular weight is 327 g/mol. The molecule has 5 nitrogen and oxygen atoms in total. The number of piperidine rings is 1. The van der Waals surface area contributed by atoms with Crippen molar-refractivity contribution in [2.45, 2.75) is 45.3 Å². The van der Waals surface area contributed by atoms with Crippen molar-refractivity contribution in [1.82, 2.24) is 9.97 Å². The SMILES string of the molecule is CCO[C@H]1C[C@H](O)C12CCN(c1ncnc3c(C)cccc13)CC2. The summed E-state index contributed by atoms with van der Waals surface area (Å²) >= 11 is 0. The Morgan fingerprint density at radius 2 is 2.08 bits per heavy atom. The molecule has 0 unspecified atom stereocenters. The predicted octanol–water partition coefficient (Wildman–Crippen LogP) is 2.69. The quantitative estimate of drug-likeness (QED) is 0.939. The third-order valence-electron chi connectivity index (χ3n) is 5.95. The molecule has 5 heteroatoms. The van der Waals surface area contributed by atoms with E-state index in [1.165, 1.54) is 5.56 Å². The molecule has 1 spiro atoms. The minimum Gasteiger partial charge on any atom is -0.392 e. The summed E-state index contributed by atoms with van der Waals surface area (Å²) in [6, 6.07) is 6.25. The summed E-state index contributed by atoms with van der Waals surface area (Å²) in [6.07, 6.45) is 4.34. The minimum atomic E-state index is -0.222. The van der Waals surface area contributed by atoms with Crippen LogP contribution < -0.4 is 4.90 Å². The van der Waals surface area contributed by atoms with E-state index in [1.807, 2.05) is 6.92 Å². The van der Waals surface area contributed by atoms with Gasteiger partial charge in [-0.05, 0) is 38.3 Å². The maximum Gasteiger partial charge on any atom is 0.139 e. The van der Waals surface area contributed by atoms with E-state index < -0.39 is 0 Å². The smallest absolute Gasteiger partial charge is 0.139 e. The third kappa shape index (κ3) is 2.30. The van der Waals surface area contributed by atoms with Gasteiger partial charge in [-0.25, -0.2) is 9.97 Å². The van der Waals surface area contributed by atoms with Gasteiger partial charge in [-0.2, -0.15) is 0 Å². The van der Waals surface area contributed by atoms with Crippen LogP contribution in [0.4, 0.5) is 5.82 Å². The molecule has 24 heavy (non-hydrogen) atoms. The van der Waals surface area contributed by atoms with Crippen molar-refractivity contribution in [2.24, 2.45) is 5.41 Å². The van der Waals surface area contributed by atoms with Gasteiger partial charge in [-0.15, -0.1) is 0 Å². The fourth-order valence-electron chi connectivity index (χ4n) is 4.43. The predicted molar refractivity (Wildman–Crippen MR) is 94.2 cm³/mol. The highest BCUT2D eigenvalue weighted by molar-refractivity contribution is 5.91. The molecule has 1 aliphatic carbocycles. The zero-order valence-corrected chi connectivity index (χ0v) is 14.4. The first kappa shape index (κ1) is 15.8. The minimum absolute atomic E-state index is 0.0503. The second kappa shape index (κ2) is 5.97. The number of aromatic nitrogens is 2. The number of hydrogen-bond donors (Lipinski definition) is 1. The van der Waals surface area contributed by atoms with Crippen LogP contribution in [0.5, 0.6) is 0 Å². The van der Waals surface area contributed by atoms with Crippen LogP contribution in [0.25, 0.3) is 10.9 Å². The van der Waals surface area contributed by atoms with E-state index in [9.17, 15) is 5.11 Å². The van der Waals surface area contributed by atoms with Crippen molar-refractivity contribution in [3.05, 3.63) is 30.1 Å². The Hall–Kier alpha value is -1.72. The maximum atomic E-state index is 10.4. The Morgan fingerprint density at radius 3 is 2.79 bits per heavy atom. The molecule has 1 aliphatic heterocycles. The summed E-state index contributed by atoms with van der Waals surface area (Å²) in [5.41, 5.74) is 2.15. The van der Waals surface area contributed by atoms with Gasteiger partial charge < -0.3 is 14.7 Å². The standard InChI is InChI=1S/C19H25N3O2/c1-3-24-16-11-15(23)19(16)7-9-22(10-8-19)18-14-6-4-5-13(2)17(14)20-12-21-18/h4-6,12,15-16,23H,3,7-11H2,1-2H3/t15-,16-/m0/s1. The second-order valence-electron chi connectivity index (χ2n) is 7.08. The van der Waals surface area contributed by atoms with Crippen molar-refractivity contribution in [1.29, 1.82) is 0 Å². The summed E-state index contributed by atoms with van der Waals surface area (Å²) in [5, 5.41) is 11.5. The molecule has 0 amide bonds. The van der Waals surface area contributed by atoms with Crippen LogP contribution in [0, 0.1) is 12.3 Å². The summed E-state index contributed by atoms with van der Waals surface area (Å²) in [5.74, 6) is 1.01. The number of anilines is 1. The fourth-order valence-corrected chi connectivity index (χ4v) is 4.43. The van der Waals surface area contributed by atoms with E-state index in [-0.39, 0.29) is 17.6 Å².